The third kappa shape index (κ3) is 1.12. The highest BCUT2D eigenvalue weighted by atomic mass is 79.9. The highest BCUT2D eigenvalue weighted by molar-refractivity contribution is 9.10. The second-order valence-electron chi connectivity index (χ2n) is 3.63. The molecule has 0 atom stereocenters. The van der Waals surface area contributed by atoms with Crippen LogP contribution in [0.15, 0.2) is 34.9 Å². The van der Waals surface area contributed by atoms with Crippen molar-refractivity contribution in [2.75, 3.05) is 0 Å². The van der Waals surface area contributed by atoms with Crippen molar-refractivity contribution in [1.29, 1.82) is 0 Å². The molecule has 0 saturated heterocycles. The lowest BCUT2D eigenvalue weighted by molar-refractivity contribution is 0.776. The predicted octanol–water partition coefficient (Wildman–Crippen LogP) is 3.74. The van der Waals surface area contributed by atoms with E-state index >= 15 is 0 Å². The zero-order valence-electron chi connectivity index (χ0n) is 7.20. The van der Waals surface area contributed by atoms with Crippen molar-refractivity contribution >= 4 is 26.8 Å². The van der Waals surface area contributed by atoms with Gasteiger partial charge in [0.2, 0.25) is 0 Å². The van der Waals surface area contributed by atoms with Crippen LogP contribution in [0.25, 0.3) is 10.9 Å². The summed E-state index contributed by atoms with van der Waals surface area (Å²) in [5, 5.41) is 1.33. The monoisotopic (exact) mass is 235 g/mol. The van der Waals surface area contributed by atoms with Crippen LogP contribution in [0.5, 0.6) is 0 Å². The fourth-order valence-corrected chi connectivity index (χ4v) is 2.31. The highest BCUT2D eigenvalue weighted by Crippen LogP contribution is 2.38. The van der Waals surface area contributed by atoms with Gasteiger partial charge in [0, 0.05) is 27.6 Å². The molecule has 0 amide bonds. The van der Waals surface area contributed by atoms with E-state index in [-0.39, 0.29) is 0 Å². The summed E-state index contributed by atoms with van der Waals surface area (Å²) < 4.78 is 3.59. The van der Waals surface area contributed by atoms with Gasteiger partial charge in [0.25, 0.3) is 0 Å². The Hall–Kier alpha value is -0.760. The highest BCUT2D eigenvalue weighted by Gasteiger charge is 2.24. The van der Waals surface area contributed by atoms with Gasteiger partial charge in [-0.15, -0.1) is 0 Å². The quantitative estimate of drug-likeness (QED) is 0.710. The number of aromatic nitrogens is 1. The first-order chi connectivity index (χ1) is 6.36. The standard InChI is InChI=1S/C11H10BrN/c12-10-2-1-3-11-9(10)6-7-13(11)8-4-5-8/h1-3,6-8H,4-5H2. The second-order valence-corrected chi connectivity index (χ2v) is 4.48. The maximum atomic E-state index is 3.57. The summed E-state index contributed by atoms with van der Waals surface area (Å²) in [4.78, 5) is 0. The van der Waals surface area contributed by atoms with Crippen LogP contribution in [0.2, 0.25) is 0 Å². The third-order valence-corrected chi connectivity index (χ3v) is 3.34. The number of fused-ring (bicyclic) bond motifs is 1. The minimum Gasteiger partial charge on any atom is -0.344 e. The van der Waals surface area contributed by atoms with Gasteiger partial charge in [-0.3, -0.25) is 0 Å². The maximum absolute atomic E-state index is 3.57. The molecule has 1 aliphatic rings. The van der Waals surface area contributed by atoms with Crippen LogP contribution in [-0.4, -0.2) is 4.57 Å². The minimum atomic E-state index is 0.770. The molecule has 66 valence electrons. The molecule has 2 aromatic rings. The molecule has 0 unspecified atom stereocenters. The Morgan fingerprint density at radius 1 is 1.23 bits per heavy atom. The molecule has 0 aliphatic heterocycles. The van der Waals surface area contributed by atoms with Crippen molar-refractivity contribution in [3.05, 3.63) is 34.9 Å². The van der Waals surface area contributed by atoms with Gasteiger partial charge >= 0.3 is 0 Å². The fourth-order valence-electron chi connectivity index (χ4n) is 1.82. The summed E-state index contributed by atoms with van der Waals surface area (Å²) in [5.41, 5.74) is 1.36. The van der Waals surface area contributed by atoms with E-state index in [4.69, 9.17) is 0 Å². The van der Waals surface area contributed by atoms with Crippen molar-refractivity contribution < 1.29 is 0 Å². The van der Waals surface area contributed by atoms with Crippen LogP contribution in [0, 0.1) is 0 Å². The van der Waals surface area contributed by atoms with Gasteiger partial charge in [0.05, 0.1) is 0 Å². The Kier molecular flexibility index (Phi) is 1.53. The SMILES string of the molecule is Brc1cccc2c1ccn2C1CC1. The van der Waals surface area contributed by atoms with Gasteiger partial charge in [-0.1, -0.05) is 22.0 Å². The number of benzene rings is 1. The summed E-state index contributed by atoms with van der Waals surface area (Å²) in [6.45, 7) is 0. The zero-order valence-corrected chi connectivity index (χ0v) is 8.79. The van der Waals surface area contributed by atoms with E-state index in [1.165, 1.54) is 28.2 Å². The Morgan fingerprint density at radius 3 is 2.85 bits per heavy atom. The molecular formula is C11H10BrN. The number of hydrogen-bond acceptors (Lipinski definition) is 0. The number of halogens is 1. The summed E-state index contributed by atoms with van der Waals surface area (Å²) in [5.74, 6) is 0. The van der Waals surface area contributed by atoms with E-state index in [2.05, 4.69) is 51.0 Å². The molecule has 1 fully saturated rings. The first-order valence-electron chi connectivity index (χ1n) is 4.61. The lowest BCUT2D eigenvalue weighted by Crippen LogP contribution is -1.89. The lowest BCUT2D eigenvalue weighted by Gasteiger charge is -2.01. The maximum Gasteiger partial charge on any atom is 0.0494 e. The first kappa shape index (κ1) is 7.63. The van der Waals surface area contributed by atoms with Crippen molar-refractivity contribution in [3.8, 4) is 0 Å². The molecule has 0 bridgehead atoms. The van der Waals surface area contributed by atoms with Gasteiger partial charge in [0.15, 0.2) is 0 Å². The fraction of sp³-hybridized carbons (Fsp3) is 0.273. The van der Waals surface area contributed by atoms with Crippen molar-refractivity contribution in [3.63, 3.8) is 0 Å². The van der Waals surface area contributed by atoms with Gasteiger partial charge < -0.3 is 4.57 Å². The smallest absolute Gasteiger partial charge is 0.0494 e. The molecule has 2 heteroatoms. The van der Waals surface area contributed by atoms with E-state index in [0.29, 0.717) is 0 Å². The molecule has 0 radical (unpaired) electrons. The topological polar surface area (TPSA) is 4.93 Å². The molecule has 0 spiro atoms. The lowest BCUT2D eigenvalue weighted by atomic mass is 10.2. The minimum absolute atomic E-state index is 0.770. The van der Waals surface area contributed by atoms with E-state index < -0.39 is 0 Å². The van der Waals surface area contributed by atoms with Crippen molar-refractivity contribution in [2.45, 2.75) is 18.9 Å². The van der Waals surface area contributed by atoms with Gasteiger partial charge in [-0.2, -0.15) is 0 Å². The van der Waals surface area contributed by atoms with E-state index in [1.54, 1.807) is 0 Å². The Morgan fingerprint density at radius 2 is 2.08 bits per heavy atom. The van der Waals surface area contributed by atoms with Gasteiger partial charge in [0.1, 0.15) is 0 Å². The third-order valence-electron chi connectivity index (χ3n) is 2.65. The molecule has 1 nitrogen and oxygen atoms in total. The molecule has 0 N–H and O–H groups in total. The zero-order chi connectivity index (χ0) is 8.84. The van der Waals surface area contributed by atoms with E-state index in [9.17, 15) is 0 Å². The van der Waals surface area contributed by atoms with Crippen LogP contribution >= 0.6 is 15.9 Å². The number of nitrogens with zero attached hydrogens (tertiary/aromatic N) is 1. The second kappa shape index (κ2) is 2.61. The van der Waals surface area contributed by atoms with Crippen LogP contribution in [0.4, 0.5) is 0 Å². The summed E-state index contributed by atoms with van der Waals surface area (Å²) in [6, 6.07) is 9.35. The van der Waals surface area contributed by atoms with E-state index in [1.807, 2.05) is 0 Å². The van der Waals surface area contributed by atoms with Gasteiger partial charge in [-0.25, -0.2) is 0 Å². The van der Waals surface area contributed by atoms with Crippen molar-refractivity contribution in [2.24, 2.45) is 0 Å². The van der Waals surface area contributed by atoms with Crippen molar-refractivity contribution in [1.82, 2.24) is 4.57 Å². The molecular weight excluding hydrogens is 226 g/mol. The molecule has 1 saturated carbocycles. The first-order valence-corrected chi connectivity index (χ1v) is 5.40. The molecule has 1 aromatic heterocycles. The largest absolute Gasteiger partial charge is 0.344 e. The summed E-state index contributed by atoms with van der Waals surface area (Å²) in [6.07, 6.45) is 4.89. The molecule has 1 heterocycles. The summed E-state index contributed by atoms with van der Waals surface area (Å²) in [7, 11) is 0. The average molecular weight is 236 g/mol. The molecule has 1 aliphatic carbocycles. The number of rotatable bonds is 1. The van der Waals surface area contributed by atoms with Crippen LogP contribution in [0.3, 0.4) is 0 Å². The van der Waals surface area contributed by atoms with Crippen LogP contribution < -0.4 is 0 Å². The Balaban J connectivity index is 2.32. The Bertz CT molecular complexity index is 454. The average Bonchev–Trinajstić information content (AvgIpc) is 2.87. The van der Waals surface area contributed by atoms with E-state index in [0.717, 1.165) is 6.04 Å². The number of hydrogen-bond donors (Lipinski definition) is 0. The molecule has 1 aromatic carbocycles. The molecule has 13 heavy (non-hydrogen) atoms. The van der Waals surface area contributed by atoms with Crippen LogP contribution in [0.1, 0.15) is 18.9 Å². The molecule has 3 rings (SSSR count). The Labute approximate surface area is 85.5 Å². The van der Waals surface area contributed by atoms with Crippen LogP contribution in [-0.2, 0) is 0 Å². The van der Waals surface area contributed by atoms with Gasteiger partial charge in [-0.05, 0) is 31.0 Å². The summed E-state index contributed by atoms with van der Waals surface area (Å²) >= 11 is 3.57. The predicted molar refractivity (Wildman–Crippen MR) is 57.9 cm³/mol. The normalized spacial score (nSPS) is 16.7.